The van der Waals surface area contributed by atoms with E-state index in [-0.39, 0.29) is 18.1 Å². The van der Waals surface area contributed by atoms with Gasteiger partial charge in [0.2, 0.25) is 12.3 Å². The minimum absolute atomic E-state index is 0.0683. The Balaban J connectivity index is 3.26. The van der Waals surface area contributed by atoms with Crippen molar-refractivity contribution in [2.45, 2.75) is 19.8 Å². The minimum atomic E-state index is -0.265. The predicted octanol–water partition coefficient (Wildman–Crippen LogP) is -0.782. The van der Waals surface area contributed by atoms with Crippen LogP contribution in [0.15, 0.2) is 0 Å². The maximum atomic E-state index is 10.9. The van der Waals surface area contributed by atoms with Crippen molar-refractivity contribution in [1.82, 2.24) is 10.6 Å². The van der Waals surface area contributed by atoms with Crippen LogP contribution in [0.5, 0.6) is 0 Å². The third kappa shape index (κ3) is 8.52. The molecule has 0 rings (SSSR count). The van der Waals surface area contributed by atoms with Crippen LogP contribution in [0.25, 0.3) is 0 Å². The molecule has 0 heterocycles. The Morgan fingerprint density at radius 3 is 2.54 bits per heavy atom. The van der Waals surface area contributed by atoms with Crippen LogP contribution in [-0.4, -0.2) is 31.2 Å². The van der Waals surface area contributed by atoms with Crippen LogP contribution in [-0.2, 0) is 14.4 Å². The first kappa shape index (κ1) is 11.6. The lowest BCUT2D eigenvalue weighted by Crippen LogP contribution is -2.28. The molecule has 0 aliphatic heterocycles. The number of amides is 2. The van der Waals surface area contributed by atoms with Crippen molar-refractivity contribution in [2.24, 2.45) is 0 Å². The molecule has 0 aliphatic carbocycles. The van der Waals surface area contributed by atoms with Crippen LogP contribution >= 0.6 is 0 Å². The second-order valence-electron chi connectivity index (χ2n) is 2.65. The predicted molar refractivity (Wildman–Crippen MR) is 47.0 cm³/mol. The summed E-state index contributed by atoms with van der Waals surface area (Å²) in [4.78, 5) is 31.1. The maximum absolute atomic E-state index is 10.9. The van der Waals surface area contributed by atoms with E-state index in [4.69, 9.17) is 0 Å². The Hall–Kier alpha value is -1.39. The highest BCUT2D eigenvalue weighted by Gasteiger charge is 2.02. The van der Waals surface area contributed by atoms with Crippen molar-refractivity contribution < 1.29 is 14.4 Å². The summed E-state index contributed by atoms with van der Waals surface area (Å²) in [6.07, 6.45) is 1.21. The third-order valence-electron chi connectivity index (χ3n) is 1.31. The van der Waals surface area contributed by atoms with E-state index in [2.05, 4.69) is 10.6 Å². The number of hydrogen-bond acceptors (Lipinski definition) is 3. The highest BCUT2D eigenvalue weighted by Crippen LogP contribution is 1.81. The van der Waals surface area contributed by atoms with Crippen molar-refractivity contribution in [3.05, 3.63) is 0 Å². The first-order valence-corrected chi connectivity index (χ1v) is 4.10. The molecule has 0 aromatic rings. The van der Waals surface area contributed by atoms with Gasteiger partial charge in [-0.05, 0) is 13.3 Å². The molecule has 2 amide bonds. The number of hydrogen-bond donors (Lipinski definition) is 2. The number of nitrogens with one attached hydrogen (secondary N) is 2. The van der Waals surface area contributed by atoms with Gasteiger partial charge in [0.1, 0.15) is 5.78 Å². The molecule has 0 bridgehead atoms. The molecule has 0 radical (unpaired) electrons. The monoisotopic (exact) mass is 186 g/mol. The van der Waals surface area contributed by atoms with Gasteiger partial charge in [-0.2, -0.15) is 0 Å². The molecule has 0 saturated heterocycles. The SMILES string of the molecule is CC(=O)CC(=O)NCCCNC=O. The van der Waals surface area contributed by atoms with Crippen molar-refractivity contribution in [1.29, 1.82) is 0 Å². The number of ketones is 1. The Kier molecular flexibility index (Phi) is 6.49. The van der Waals surface area contributed by atoms with Crippen LogP contribution in [0, 0.1) is 0 Å². The van der Waals surface area contributed by atoms with E-state index in [1.807, 2.05) is 0 Å². The summed E-state index contributed by atoms with van der Waals surface area (Å²) in [5.74, 6) is -0.415. The lowest BCUT2D eigenvalue weighted by atomic mass is 10.3. The molecule has 0 aromatic carbocycles. The maximum Gasteiger partial charge on any atom is 0.227 e. The minimum Gasteiger partial charge on any atom is -0.359 e. The summed E-state index contributed by atoms with van der Waals surface area (Å²) in [6, 6.07) is 0. The fraction of sp³-hybridized carbons (Fsp3) is 0.625. The summed E-state index contributed by atoms with van der Waals surface area (Å²) in [7, 11) is 0. The Labute approximate surface area is 76.9 Å². The Morgan fingerprint density at radius 1 is 1.31 bits per heavy atom. The quantitative estimate of drug-likeness (QED) is 0.311. The van der Waals surface area contributed by atoms with Crippen LogP contribution in [0.2, 0.25) is 0 Å². The van der Waals surface area contributed by atoms with E-state index in [1.165, 1.54) is 6.92 Å². The molecular formula is C8H14N2O3. The van der Waals surface area contributed by atoms with Crippen molar-refractivity contribution >= 4 is 18.1 Å². The second kappa shape index (κ2) is 7.27. The van der Waals surface area contributed by atoms with Crippen molar-refractivity contribution in [3.63, 3.8) is 0 Å². The molecule has 0 fully saturated rings. The van der Waals surface area contributed by atoms with E-state index >= 15 is 0 Å². The fourth-order valence-electron chi connectivity index (χ4n) is 0.766. The second-order valence-corrected chi connectivity index (χ2v) is 2.65. The zero-order valence-corrected chi connectivity index (χ0v) is 7.63. The van der Waals surface area contributed by atoms with E-state index in [1.54, 1.807) is 0 Å². The molecule has 5 heteroatoms. The number of carbonyl (C=O) groups is 3. The van der Waals surface area contributed by atoms with Gasteiger partial charge in [-0.25, -0.2) is 0 Å². The smallest absolute Gasteiger partial charge is 0.227 e. The van der Waals surface area contributed by atoms with E-state index < -0.39 is 0 Å². The average molecular weight is 186 g/mol. The van der Waals surface area contributed by atoms with Gasteiger partial charge in [0, 0.05) is 13.1 Å². The van der Waals surface area contributed by atoms with Crippen molar-refractivity contribution in [2.75, 3.05) is 13.1 Å². The summed E-state index contributed by atoms with van der Waals surface area (Å²) in [5, 5.41) is 5.02. The van der Waals surface area contributed by atoms with Gasteiger partial charge in [0.05, 0.1) is 6.42 Å². The van der Waals surface area contributed by atoms with Crippen LogP contribution in [0.3, 0.4) is 0 Å². The molecule has 5 nitrogen and oxygen atoms in total. The first-order valence-electron chi connectivity index (χ1n) is 4.10. The number of Topliss-reactive ketones (excluding diaryl/α,β-unsaturated/α-hetero) is 1. The molecule has 0 unspecified atom stereocenters. The molecule has 13 heavy (non-hydrogen) atoms. The highest BCUT2D eigenvalue weighted by molar-refractivity contribution is 5.96. The normalized spacial score (nSPS) is 9.00. The van der Waals surface area contributed by atoms with Gasteiger partial charge >= 0.3 is 0 Å². The van der Waals surface area contributed by atoms with Gasteiger partial charge in [-0.3, -0.25) is 14.4 Å². The molecule has 0 aromatic heterocycles. The van der Waals surface area contributed by atoms with Gasteiger partial charge in [-0.15, -0.1) is 0 Å². The molecule has 0 saturated carbocycles. The van der Waals surface area contributed by atoms with Gasteiger partial charge in [-0.1, -0.05) is 0 Å². The molecular weight excluding hydrogens is 172 g/mol. The van der Waals surface area contributed by atoms with Crippen LogP contribution in [0.1, 0.15) is 19.8 Å². The van der Waals surface area contributed by atoms with E-state index in [0.717, 1.165) is 0 Å². The number of rotatable bonds is 7. The molecule has 0 aliphatic rings. The standard InChI is InChI=1S/C8H14N2O3/c1-7(12)5-8(13)10-4-2-3-9-6-11/h6H,2-5H2,1H3,(H,9,11)(H,10,13). The molecule has 0 spiro atoms. The van der Waals surface area contributed by atoms with Gasteiger partial charge in [0.15, 0.2) is 0 Å². The number of carbonyl (C=O) groups excluding carboxylic acids is 3. The Bertz CT molecular complexity index is 192. The summed E-state index contributed by atoms with van der Waals surface area (Å²) < 4.78 is 0. The van der Waals surface area contributed by atoms with Gasteiger partial charge < -0.3 is 10.6 Å². The van der Waals surface area contributed by atoms with E-state index in [9.17, 15) is 14.4 Å². The zero-order chi connectivity index (χ0) is 10.1. The van der Waals surface area contributed by atoms with Crippen LogP contribution in [0.4, 0.5) is 0 Å². The van der Waals surface area contributed by atoms with Gasteiger partial charge in [0.25, 0.3) is 0 Å². The molecule has 2 N–H and O–H groups in total. The van der Waals surface area contributed by atoms with Crippen LogP contribution < -0.4 is 10.6 Å². The molecule has 74 valence electrons. The summed E-state index contributed by atoms with van der Waals surface area (Å²) in [6.45, 7) is 2.38. The lowest BCUT2D eigenvalue weighted by molar-refractivity contribution is -0.127. The summed E-state index contributed by atoms with van der Waals surface area (Å²) >= 11 is 0. The average Bonchev–Trinajstić information content (AvgIpc) is 2.02. The fourth-order valence-corrected chi connectivity index (χ4v) is 0.766. The summed E-state index contributed by atoms with van der Waals surface area (Å²) in [5.41, 5.74) is 0. The first-order chi connectivity index (χ1) is 6.16. The zero-order valence-electron chi connectivity index (χ0n) is 7.63. The third-order valence-corrected chi connectivity index (χ3v) is 1.31. The Morgan fingerprint density at radius 2 is 2.00 bits per heavy atom. The molecule has 0 atom stereocenters. The lowest BCUT2D eigenvalue weighted by Gasteiger charge is -2.02. The van der Waals surface area contributed by atoms with Crippen molar-refractivity contribution in [3.8, 4) is 0 Å². The topological polar surface area (TPSA) is 75.3 Å². The highest BCUT2D eigenvalue weighted by atomic mass is 16.2. The largest absolute Gasteiger partial charge is 0.359 e. The van der Waals surface area contributed by atoms with E-state index in [0.29, 0.717) is 25.9 Å².